The molecule has 2 rings (SSSR count). The Morgan fingerprint density at radius 3 is 2.84 bits per heavy atom. The molecule has 4 nitrogen and oxygen atoms in total. The molecular formula is C15H21N3O. The summed E-state index contributed by atoms with van der Waals surface area (Å²) in [5, 5.41) is 4.40. The SMILES string of the molecule is CCn1nc(C)cc1COc1cccc([C@@H](C)N)c1. The third-order valence-corrected chi connectivity index (χ3v) is 3.06. The molecule has 0 aliphatic heterocycles. The molecule has 0 fully saturated rings. The first kappa shape index (κ1) is 13.6. The fraction of sp³-hybridized carbons (Fsp3) is 0.400. The van der Waals surface area contributed by atoms with E-state index >= 15 is 0 Å². The van der Waals surface area contributed by atoms with Crippen LogP contribution in [0.15, 0.2) is 30.3 Å². The van der Waals surface area contributed by atoms with Crippen LogP contribution in [0.25, 0.3) is 0 Å². The van der Waals surface area contributed by atoms with E-state index < -0.39 is 0 Å². The summed E-state index contributed by atoms with van der Waals surface area (Å²) >= 11 is 0. The second kappa shape index (κ2) is 5.89. The van der Waals surface area contributed by atoms with Crippen LogP contribution in [0.5, 0.6) is 5.75 Å². The van der Waals surface area contributed by atoms with Gasteiger partial charge in [-0.15, -0.1) is 0 Å². The van der Waals surface area contributed by atoms with Crippen molar-refractivity contribution in [2.75, 3.05) is 0 Å². The fourth-order valence-electron chi connectivity index (χ4n) is 2.03. The molecule has 0 bridgehead atoms. The highest BCUT2D eigenvalue weighted by Gasteiger charge is 2.06. The maximum Gasteiger partial charge on any atom is 0.130 e. The van der Waals surface area contributed by atoms with E-state index in [-0.39, 0.29) is 6.04 Å². The summed E-state index contributed by atoms with van der Waals surface area (Å²) in [7, 11) is 0. The van der Waals surface area contributed by atoms with Crippen molar-refractivity contribution in [2.45, 2.75) is 40.0 Å². The van der Waals surface area contributed by atoms with Crippen LogP contribution < -0.4 is 10.5 Å². The van der Waals surface area contributed by atoms with Crippen LogP contribution in [0.2, 0.25) is 0 Å². The van der Waals surface area contributed by atoms with Gasteiger partial charge in [-0.1, -0.05) is 12.1 Å². The average Bonchev–Trinajstić information content (AvgIpc) is 2.77. The van der Waals surface area contributed by atoms with Gasteiger partial charge >= 0.3 is 0 Å². The lowest BCUT2D eigenvalue weighted by Gasteiger charge is -2.10. The Kier molecular flexibility index (Phi) is 4.22. The van der Waals surface area contributed by atoms with Gasteiger partial charge in [0.1, 0.15) is 12.4 Å². The van der Waals surface area contributed by atoms with E-state index in [9.17, 15) is 0 Å². The van der Waals surface area contributed by atoms with Crippen molar-refractivity contribution in [1.29, 1.82) is 0 Å². The molecule has 0 unspecified atom stereocenters. The maximum atomic E-state index is 5.87. The van der Waals surface area contributed by atoms with Crippen LogP contribution >= 0.6 is 0 Å². The van der Waals surface area contributed by atoms with E-state index in [1.807, 2.05) is 42.8 Å². The number of aromatic nitrogens is 2. The highest BCUT2D eigenvalue weighted by Crippen LogP contribution is 2.19. The van der Waals surface area contributed by atoms with Gasteiger partial charge in [-0.2, -0.15) is 5.10 Å². The van der Waals surface area contributed by atoms with E-state index in [0.717, 1.165) is 29.2 Å². The summed E-state index contributed by atoms with van der Waals surface area (Å²) < 4.78 is 7.79. The van der Waals surface area contributed by atoms with Crippen molar-refractivity contribution in [3.63, 3.8) is 0 Å². The second-order valence-electron chi connectivity index (χ2n) is 4.74. The number of hydrogen-bond donors (Lipinski definition) is 1. The van der Waals surface area contributed by atoms with E-state index in [1.165, 1.54) is 0 Å². The minimum absolute atomic E-state index is 0.0203. The smallest absolute Gasteiger partial charge is 0.130 e. The molecule has 0 saturated carbocycles. The summed E-state index contributed by atoms with van der Waals surface area (Å²) in [6.07, 6.45) is 0. The Morgan fingerprint density at radius 2 is 2.16 bits per heavy atom. The van der Waals surface area contributed by atoms with Gasteiger partial charge < -0.3 is 10.5 Å². The third-order valence-electron chi connectivity index (χ3n) is 3.06. The molecule has 0 spiro atoms. The van der Waals surface area contributed by atoms with Crippen molar-refractivity contribution >= 4 is 0 Å². The molecule has 1 aromatic heterocycles. The van der Waals surface area contributed by atoms with Gasteiger partial charge in [0.2, 0.25) is 0 Å². The van der Waals surface area contributed by atoms with Crippen molar-refractivity contribution in [2.24, 2.45) is 5.73 Å². The van der Waals surface area contributed by atoms with Crippen LogP contribution in [0, 0.1) is 6.92 Å². The molecule has 1 heterocycles. The van der Waals surface area contributed by atoms with Gasteiger partial charge in [0, 0.05) is 12.6 Å². The third kappa shape index (κ3) is 3.35. The molecular weight excluding hydrogens is 238 g/mol. The Balaban J connectivity index is 2.07. The molecule has 0 amide bonds. The van der Waals surface area contributed by atoms with Crippen molar-refractivity contribution in [3.05, 3.63) is 47.3 Å². The first-order valence-corrected chi connectivity index (χ1v) is 6.61. The lowest BCUT2D eigenvalue weighted by molar-refractivity contribution is 0.292. The summed E-state index contributed by atoms with van der Waals surface area (Å²) in [5.41, 5.74) is 9.06. The Morgan fingerprint density at radius 1 is 1.37 bits per heavy atom. The molecule has 2 N–H and O–H groups in total. The molecule has 0 saturated heterocycles. The quantitative estimate of drug-likeness (QED) is 0.898. The highest BCUT2D eigenvalue weighted by molar-refractivity contribution is 5.30. The Bertz CT molecular complexity index is 546. The molecule has 102 valence electrons. The Hall–Kier alpha value is -1.81. The predicted octanol–water partition coefficient (Wildman–Crippen LogP) is 2.81. The molecule has 2 aromatic rings. The standard InChI is InChI=1S/C15H21N3O/c1-4-18-14(8-11(2)17-18)10-19-15-7-5-6-13(9-15)12(3)16/h5-9,12H,4,10,16H2,1-3H3/t12-/m1/s1. The normalized spacial score (nSPS) is 12.4. The zero-order valence-electron chi connectivity index (χ0n) is 11.8. The summed E-state index contributed by atoms with van der Waals surface area (Å²) in [6, 6.07) is 10.00. The fourth-order valence-corrected chi connectivity index (χ4v) is 2.03. The van der Waals surface area contributed by atoms with Crippen LogP contribution in [0.1, 0.15) is 36.8 Å². The first-order valence-electron chi connectivity index (χ1n) is 6.61. The number of nitrogens with zero attached hydrogens (tertiary/aromatic N) is 2. The van der Waals surface area contributed by atoms with Crippen LogP contribution in [0.4, 0.5) is 0 Å². The van der Waals surface area contributed by atoms with E-state index in [0.29, 0.717) is 6.61 Å². The van der Waals surface area contributed by atoms with Gasteiger partial charge in [-0.05, 0) is 44.5 Å². The second-order valence-corrected chi connectivity index (χ2v) is 4.74. The van der Waals surface area contributed by atoms with Crippen molar-refractivity contribution < 1.29 is 4.74 Å². The number of benzene rings is 1. The number of nitrogens with two attached hydrogens (primary N) is 1. The van der Waals surface area contributed by atoms with Gasteiger partial charge in [-0.3, -0.25) is 4.68 Å². The minimum atomic E-state index is 0.0203. The summed E-state index contributed by atoms with van der Waals surface area (Å²) in [5.74, 6) is 0.844. The van der Waals surface area contributed by atoms with Crippen LogP contribution in [0.3, 0.4) is 0 Å². The van der Waals surface area contributed by atoms with Gasteiger partial charge in [0.05, 0.1) is 11.4 Å². The van der Waals surface area contributed by atoms with Crippen molar-refractivity contribution in [3.8, 4) is 5.75 Å². The van der Waals surface area contributed by atoms with E-state index in [1.54, 1.807) is 0 Å². The zero-order chi connectivity index (χ0) is 13.8. The van der Waals surface area contributed by atoms with E-state index in [4.69, 9.17) is 10.5 Å². The molecule has 1 atom stereocenters. The predicted molar refractivity (Wildman–Crippen MR) is 76.0 cm³/mol. The van der Waals surface area contributed by atoms with Crippen molar-refractivity contribution in [1.82, 2.24) is 9.78 Å². The largest absolute Gasteiger partial charge is 0.487 e. The van der Waals surface area contributed by atoms with Crippen LogP contribution in [-0.4, -0.2) is 9.78 Å². The first-order chi connectivity index (χ1) is 9.10. The molecule has 0 radical (unpaired) electrons. The number of aryl methyl sites for hydroxylation is 2. The average molecular weight is 259 g/mol. The van der Waals surface area contributed by atoms with Gasteiger partial charge in [0.25, 0.3) is 0 Å². The van der Waals surface area contributed by atoms with E-state index in [2.05, 4.69) is 18.1 Å². The number of rotatable bonds is 5. The number of hydrogen-bond acceptors (Lipinski definition) is 3. The monoisotopic (exact) mass is 259 g/mol. The molecule has 0 aliphatic rings. The molecule has 19 heavy (non-hydrogen) atoms. The summed E-state index contributed by atoms with van der Waals surface area (Å²) in [4.78, 5) is 0. The topological polar surface area (TPSA) is 53.1 Å². The maximum absolute atomic E-state index is 5.87. The molecule has 0 aliphatic carbocycles. The summed E-state index contributed by atoms with van der Waals surface area (Å²) in [6.45, 7) is 7.41. The molecule has 1 aromatic carbocycles. The Labute approximate surface area is 114 Å². The van der Waals surface area contributed by atoms with Crippen LogP contribution in [-0.2, 0) is 13.2 Å². The lowest BCUT2D eigenvalue weighted by Crippen LogP contribution is -2.07. The lowest BCUT2D eigenvalue weighted by atomic mass is 10.1. The zero-order valence-corrected chi connectivity index (χ0v) is 11.8. The molecule has 4 heteroatoms. The van der Waals surface area contributed by atoms with Gasteiger partial charge in [0.15, 0.2) is 0 Å². The number of ether oxygens (including phenoxy) is 1. The van der Waals surface area contributed by atoms with Gasteiger partial charge in [-0.25, -0.2) is 0 Å². The minimum Gasteiger partial charge on any atom is -0.487 e. The highest BCUT2D eigenvalue weighted by atomic mass is 16.5.